The third-order valence-corrected chi connectivity index (χ3v) is 4.51. The highest BCUT2D eigenvalue weighted by Crippen LogP contribution is 2.15. The van der Waals surface area contributed by atoms with E-state index in [0.717, 1.165) is 19.3 Å². The van der Waals surface area contributed by atoms with Crippen LogP contribution >= 0.6 is 0 Å². The molecule has 3 nitrogen and oxygen atoms in total. The fourth-order valence-corrected chi connectivity index (χ4v) is 3.02. The van der Waals surface area contributed by atoms with Crippen molar-refractivity contribution in [3.8, 4) is 0 Å². The zero-order valence-electron chi connectivity index (χ0n) is 15.4. The summed E-state index contributed by atoms with van der Waals surface area (Å²) in [6.45, 7) is 2.76. The maximum absolute atomic E-state index is 13.9. The molecular formula is C20H36FN2O+. The molecule has 1 N–H and O–H groups in total. The molecule has 0 spiro atoms. The van der Waals surface area contributed by atoms with Gasteiger partial charge in [0.15, 0.2) is 0 Å². The lowest BCUT2D eigenvalue weighted by Crippen LogP contribution is -2.39. The number of aromatic nitrogens is 2. The molecule has 1 aromatic rings. The molecule has 0 saturated heterocycles. The van der Waals surface area contributed by atoms with E-state index in [-0.39, 0.29) is 0 Å². The lowest BCUT2D eigenvalue weighted by atomic mass is 10.0. The largest absolute Gasteiger partial charge is 0.389 e. The first-order valence-electron chi connectivity index (χ1n) is 9.83. The molecule has 24 heavy (non-hydrogen) atoms. The molecule has 0 radical (unpaired) electrons. The van der Waals surface area contributed by atoms with Gasteiger partial charge in [0.2, 0.25) is 0 Å². The van der Waals surface area contributed by atoms with Crippen LogP contribution in [0.4, 0.5) is 4.39 Å². The summed E-state index contributed by atoms with van der Waals surface area (Å²) in [5, 5.41) is 9.98. The molecule has 1 aromatic heterocycles. The lowest BCUT2D eigenvalue weighted by molar-refractivity contribution is -0.706. The van der Waals surface area contributed by atoms with Gasteiger partial charge < -0.3 is 5.11 Å². The van der Waals surface area contributed by atoms with E-state index in [0.29, 0.717) is 25.8 Å². The maximum Gasteiger partial charge on any atom is 0.286 e. The monoisotopic (exact) mass is 339 g/mol. The van der Waals surface area contributed by atoms with Crippen molar-refractivity contribution in [1.82, 2.24) is 4.98 Å². The molecule has 4 heteroatoms. The van der Waals surface area contributed by atoms with Crippen LogP contribution < -0.4 is 4.57 Å². The Kier molecular flexibility index (Phi) is 12.5. The standard InChI is InChI=1S/C20H36FN2O/c1-2-3-4-5-6-7-8-9-12-19(21)13-10-14-20(24)17-23-16-11-15-22-18-23/h11,15-16,18-20,24H,2-10,12-14,17H2,1H3/q+1. The van der Waals surface area contributed by atoms with Crippen LogP contribution in [0.15, 0.2) is 24.8 Å². The van der Waals surface area contributed by atoms with Crippen molar-refractivity contribution in [3.63, 3.8) is 0 Å². The summed E-state index contributed by atoms with van der Waals surface area (Å²) in [5.74, 6) is 0. The second-order valence-corrected chi connectivity index (χ2v) is 6.90. The van der Waals surface area contributed by atoms with E-state index in [1.165, 1.54) is 38.5 Å². The summed E-state index contributed by atoms with van der Waals surface area (Å²) in [6.07, 6.45) is 16.9. The minimum absolute atomic E-state index is 0.422. The number of aliphatic hydroxyl groups is 1. The van der Waals surface area contributed by atoms with Crippen LogP contribution in [0.5, 0.6) is 0 Å². The zero-order valence-corrected chi connectivity index (χ0v) is 15.4. The van der Waals surface area contributed by atoms with Crippen LogP contribution in [-0.2, 0) is 6.54 Å². The summed E-state index contributed by atoms with van der Waals surface area (Å²) < 4.78 is 15.7. The molecule has 0 aromatic carbocycles. The highest BCUT2D eigenvalue weighted by atomic mass is 19.1. The number of aliphatic hydroxyl groups excluding tert-OH is 1. The Balaban J connectivity index is 1.93. The van der Waals surface area contributed by atoms with Gasteiger partial charge in [-0.25, -0.2) is 8.96 Å². The number of halogens is 1. The predicted molar refractivity (Wildman–Crippen MR) is 96.4 cm³/mol. The molecule has 1 heterocycles. The normalized spacial score (nSPS) is 13.8. The minimum atomic E-state index is -0.705. The van der Waals surface area contributed by atoms with Gasteiger partial charge in [-0.1, -0.05) is 63.3 Å². The number of hydrogen-bond acceptors (Lipinski definition) is 2. The van der Waals surface area contributed by atoms with Gasteiger partial charge in [0.1, 0.15) is 18.9 Å². The van der Waals surface area contributed by atoms with E-state index in [9.17, 15) is 9.50 Å². The van der Waals surface area contributed by atoms with Crippen molar-refractivity contribution in [1.29, 1.82) is 0 Å². The Hall–Kier alpha value is -1.03. The molecule has 1 rings (SSSR count). The molecule has 0 amide bonds. The Morgan fingerprint density at radius 1 is 0.958 bits per heavy atom. The van der Waals surface area contributed by atoms with Crippen molar-refractivity contribution < 1.29 is 14.1 Å². The van der Waals surface area contributed by atoms with E-state index in [1.807, 2.05) is 16.8 Å². The average Bonchev–Trinajstić information content (AvgIpc) is 2.58. The van der Waals surface area contributed by atoms with Crippen molar-refractivity contribution in [2.45, 2.75) is 103 Å². The van der Waals surface area contributed by atoms with Gasteiger partial charge in [-0.15, -0.1) is 0 Å². The zero-order chi connectivity index (χ0) is 17.5. The summed E-state index contributed by atoms with van der Waals surface area (Å²) in [6, 6.07) is 1.84. The molecule has 0 aliphatic heterocycles. The summed E-state index contributed by atoms with van der Waals surface area (Å²) in [5.41, 5.74) is 0. The summed E-state index contributed by atoms with van der Waals surface area (Å²) in [4.78, 5) is 4.01. The Bertz CT molecular complexity index is 388. The fourth-order valence-electron chi connectivity index (χ4n) is 3.02. The molecule has 0 bridgehead atoms. The molecule has 0 fully saturated rings. The van der Waals surface area contributed by atoms with Crippen LogP contribution in [-0.4, -0.2) is 22.4 Å². The van der Waals surface area contributed by atoms with Gasteiger partial charge >= 0.3 is 0 Å². The van der Waals surface area contributed by atoms with Crippen LogP contribution in [0.2, 0.25) is 0 Å². The topological polar surface area (TPSA) is 37.0 Å². The minimum Gasteiger partial charge on any atom is -0.389 e. The predicted octanol–water partition coefficient (Wildman–Crippen LogP) is 4.77. The lowest BCUT2D eigenvalue weighted by Gasteiger charge is -2.11. The Labute approximate surface area is 147 Å². The van der Waals surface area contributed by atoms with Gasteiger partial charge in [-0.05, 0) is 25.7 Å². The van der Waals surface area contributed by atoms with Crippen LogP contribution in [0.3, 0.4) is 0 Å². The number of hydrogen-bond donors (Lipinski definition) is 1. The second-order valence-electron chi connectivity index (χ2n) is 6.90. The van der Waals surface area contributed by atoms with Gasteiger partial charge in [-0.3, -0.25) is 0 Å². The highest BCUT2D eigenvalue weighted by Gasteiger charge is 2.11. The van der Waals surface area contributed by atoms with E-state index >= 15 is 0 Å². The molecule has 0 saturated carbocycles. The van der Waals surface area contributed by atoms with E-state index in [4.69, 9.17) is 0 Å². The third-order valence-electron chi connectivity index (χ3n) is 4.51. The number of alkyl halides is 1. The first kappa shape index (κ1) is 21.0. The molecule has 138 valence electrons. The molecule has 2 unspecified atom stereocenters. The molecule has 0 aliphatic carbocycles. The second kappa shape index (κ2) is 14.3. The fraction of sp³-hybridized carbons (Fsp3) is 0.800. The summed E-state index contributed by atoms with van der Waals surface area (Å²) in [7, 11) is 0. The highest BCUT2D eigenvalue weighted by molar-refractivity contribution is 4.69. The van der Waals surface area contributed by atoms with Gasteiger partial charge in [0, 0.05) is 6.07 Å². The SMILES string of the molecule is CCCCCCCCCCC(F)CCCC(O)C[n+]1cccnc1. The third kappa shape index (κ3) is 11.5. The van der Waals surface area contributed by atoms with Gasteiger partial charge in [0.05, 0.1) is 12.3 Å². The molecule has 2 atom stereocenters. The number of rotatable bonds is 15. The molecule has 0 aliphatic rings. The van der Waals surface area contributed by atoms with Crippen LogP contribution in [0, 0.1) is 0 Å². The average molecular weight is 340 g/mol. The van der Waals surface area contributed by atoms with Crippen LogP contribution in [0.25, 0.3) is 0 Å². The Morgan fingerprint density at radius 2 is 1.62 bits per heavy atom. The number of nitrogens with zero attached hydrogens (tertiary/aromatic N) is 2. The molecular weight excluding hydrogens is 303 g/mol. The van der Waals surface area contributed by atoms with Gasteiger partial charge in [0.25, 0.3) is 6.33 Å². The van der Waals surface area contributed by atoms with Crippen molar-refractivity contribution in [2.24, 2.45) is 0 Å². The quantitative estimate of drug-likeness (QED) is 0.369. The van der Waals surface area contributed by atoms with E-state index in [1.54, 1.807) is 12.5 Å². The van der Waals surface area contributed by atoms with Crippen molar-refractivity contribution >= 4 is 0 Å². The maximum atomic E-state index is 13.9. The number of unbranched alkanes of at least 4 members (excludes halogenated alkanes) is 7. The van der Waals surface area contributed by atoms with Crippen molar-refractivity contribution in [2.75, 3.05) is 0 Å². The van der Waals surface area contributed by atoms with E-state index in [2.05, 4.69) is 11.9 Å². The van der Waals surface area contributed by atoms with Crippen LogP contribution in [0.1, 0.15) is 84.0 Å². The first-order chi connectivity index (χ1) is 11.7. The Morgan fingerprint density at radius 3 is 2.29 bits per heavy atom. The van der Waals surface area contributed by atoms with E-state index < -0.39 is 12.3 Å². The smallest absolute Gasteiger partial charge is 0.286 e. The van der Waals surface area contributed by atoms with Crippen molar-refractivity contribution in [3.05, 3.63) is 24.8 Å². The summed E-state index contributed by atoms with van der Waals surface area (Å²) >= 11 is 0. The first-order valence-corrected chi connectivity index (χ1v) is 9.83. The van der Waals surface area contributed by atoms with Gasteiger partial charge in [-0.2, -0.15) is 0 Å².